The summed E-state index contributed by atoms with van der Waals surface area (Å²) < 4.78 is 9.73. The highest BCUT2D eigenvalue weighted by Gasteiger charge is 2.27. The molecule has 1 rings (SSSR count). The van der Waals surface area contributed by atoms with Crippen molar-refractivity contribution < 1.29 is 19.1 Å². The summed E-state index contributed by atoms with van der Waals surface area (Å²) in [7, 11) is 1.50. The number of carbonyl (C=O) groups is 2. The van der Waals surface area contributed by atoms with E-state index in [0.717, 1.165) is 0 Å². The zero-order valence-corrected chi connectivity index (χ0v) is 12.2. The average molecular weight is 336 g/mol. The Morgan fingerprint density at radius 3 is 2.61 bits per heavy atom. The van der Waals surface area contributed by atoms with Gasteiger partial charge in [-0.3, -0.25) is 9.59 Å². The van der Waals surface area contributed by atoms with Crippen molar-refractivity contribution in [1.82, 2.24) is 0 Å². The summed E-state index contributed by atoms with van der Waals surface area (Å²) in [6, 6.07) is 4.63. The third-order valence-electron chi connectivity index (χ3n) is 2.17. The molecule has 18 heavy (non-hydrogen) atoms. The number of benzene rings is 1. The average Bonchev–Trinajstić information content (AvgIpc) is 2.37. The first kappa shape index (κ1) is 15.0. The van der Waals surface area contributed by atoms with Crippen molar-refractivity contribution in [3.63, 3.8) is 0 Å². The van der Waals surface area contributed by atoms with Gasteiger partial charge in [0, 0.05) is 5.56 Å². The zero-order valence-electron chi connectivity index (χ0n) is 9.91. The fourth-order valence-electron chi connectivity index (χ4n) is 1.28. The van der Waals surface area contributed by atoms with Gasteiger partial charge in [0.05, 0.1) is 18.7 Å². The lowest BCUT2D eigenvalue weighted by atomic mass is 10.1. The SMILES string of the molecule is CCOC(=O)C(Br)C(=O)c1ccc(OC)cc1Cl. The lowest BCUT2D eigenvalue weighted by molar-refractivity contribution is -0.141. The molecule has 0 bridgehead atoms. The molecule has 0 amide bonds. The molecule has 0 aliphatic rings. The number of ether oxygens (including phenoxy) is 2. The maximum atomic E-state index is 12.0. The molecule has 0 saturated heterocycles. The topological polar surface area (TPSA) is 52.6 Å². The maximum absolute atomic E-state index is 12.0. The number of esters is 1. The van der Waals surface area contributed by atoms with Crippen LogP contribution in [0.25, 0.3) is 0 Å². The molecular weight excluding hydrogens is 323 g/mol. The van der Waals surface area contributed by atoms with E-state index in [4.69, 9.17) is 21.1 Å². The van der Waals surface area contributed by atoms with Crippen LogP contribution in [0.4, 0.5) is 0 Å². The Morgan fingerprint density at radius 1 is 1.44 bits per heavy atom. The quantitative estimate of drug-likeness (QED) is 0.359. The smallest absolute Gasteiger partial charge is 0.327 e. The number of ketones is 1. The molecule has 98 valence electrons. The molecule has 0 heterocycles. The van der Waals surface area contributed by atoms with E-state index in [2.05, 4.69) is 15.9 Å². The molecule has 0 radical (unpaired) electrons. The van der Waals surface area contributed by atoms with Crippen LogP contribution in [0.3, 0.4) is 0 Å². The number of methoxy groups -OCH3 is 1. The number of hydrogen-bond donors (Lipinski definition) is 0. The number of rotatable bonds is 5. The summed E-state index contributed by atoms with van der Waals surface area (Å²) in [4.78, 5) is 22.4. The van der Waals surface area contributed by atoms with Gasteiger partial charge in [-0.1, -0.05) is 27.5 Å². The Balaban J connectivity index is 2.93. The highest BCUT2D eigenvalue weighted by molar-refractivity contribution is 9.10. The fraction of sp³-hybridized carbons (Fsp3) is 0.333. The molecule has 1 unspecified atom stereocenters. The van der Waals surface area contributed by atoms with Crippen molar-refractivity contribution in [1.29, 1.82) is 0 Å². The van der Waals surface area contributed by atoms with E-state index in [1.54, 1.807) is 13.0 Å². The van der Waals surface area contributed by atoms with E-state index >= 15 is 0 Å². The number of alkyl halides is 1. The molecule has 0 fully saturated rings. The second-order valence-corrected chi connectivity index (χ2v) is 4.65. The van der Waals surface area contributed by atoms with Crippen LogP contribution in [0.1, 0.15) is 17.3 Å². The van der Waals surface area contributed by atoms with Crippen LogP contribution in [0.2, 0.25) is 5.02 Å². The molecule has 0 saturated carbocycles. The van der Waals surface area contributed by atoms with Crippen LogP contribution in [0, 0.1) is 0 Å². The van der Waals surface area contributed by atoms with E-state index in [1.165, 1.54) is 19.2 Å². The number of halogens is 2. The number of carbonyl (C=O) groups excluding carboxylic acids is 2. The molecule has 1 atom stereocenters. The first-order valence-corrected chi connectivity index (χ1v) is 6.49. The Hall–Kier alpha value is -1.07. The van der Waals surface area contributed by atoms with Crippen molar-refractivity contribution >= 4 is 39.3 Å². The molecule has 6 heteroatoms. The molecule has 0 spiro atoms. The summed E-state index contributed by atoms with van der Waals surface area (Å²) in [6.45, 7) is 1.88. The van der Waals surface area contributed by atoms with Gasteiger partial charge in [0.2, 0.25) is 0 Å². The van der Waals surface area contributed by atoms with Crippen LogP contribution in [0.5, 0.6) is 5.75 Å². The number of Topliss-reactive ketones (excluding diaryl/α,β-unsaturated/α-hetero) is 1. The molecule has 1 aromatic rings. The summed E-state index contributed by atoms with van der Waals surface area (Å²) in [6.07, 6.45) is 0. The van der Waals surface area contributed by atoms with E-state index in [0.29, 0.717) is 5.75 Å². The summed E-state index contributed by atoms with van der Waals surface area (Å²) >= 11 is 8.96. The Labute approximate surface area is 118 Å². The Morgan fingerprint density at radius 2 is 2.11 bits per heavy atom. The van der Waals surface area contributed by atoms with Crippen LogP contribution < -0.4 is 4.74 Å². The largest absolute Gasteiger partial charge is 0.497 e. The van der Waals surface area contributed by atoms with Crippen LogP contribution in [0.15, 0.2) is 18.2 Å². The van der Waals surface area contributed by atoms with Crippen molar-refractivity contribution in [2.24, 2.45) is 0 Å². The lowest BCUT2D eigenvalue weighted by Gasteiger charge is -2.10. The van der Waals surface area contributed by atoms with Crippen molar-refractivity contribution in [3.05, 3.63) is 28.8 Å². The molecule has 0 aliphatic carbocycles. The third-order valence-corrected chi connectivity index (χ3v) is 3.27. The second-order valence-electron chi connectivity index (χ2n) is 3.32. The van der Waals surface area contributed by atoms with Crippen molar-refractivity contribution in [2.75, 3.05) is 13.7 Å². The van der Waals surface area contributed by atoms with E-state index in [9.17, 15) is 9.59 Å². The van der Waals surface area contributed by atoms with Gasteiger partial charge in [0.25, 0.3) is 0 Å². The van der Waals surface area contributed by atoms with Crippen molar-refractivity contribution in [2.45, 2.75) is 11.8 Å². The standard InChI is InChI=1S/C12H12BrClO4/c1-3-18-12(16)10(13)11(15)8-5-4-7(17-2)6-9(8)14/h4-6,10H,3H2,1-2H3. The summed E-state index contributed by atoms with van der Waals surface area (Å²) in [5.41, 5.74) is 0.243. The van der Waals surface area contributed by atoms with Gasteiger partial charge in [-0.25, -0.2) is 0 Å². The van der Waals surface area contributed by atoms with Gasteiger partial charge >= 0.3 is 5.97 Å². The van der Waals surface area contributed by atoms with Gasteiger partial charge in [0.15, 0.2) is 10.6 Å². The lowest BCUT2D eigenvalue weighted by Crippen LogP contribution is -2.26. The normalized spacial score (nSPS) is 11.8. The van der Waals surface area contributed by atoms with Gasteiger partial charge < -0.3 is 9.47 Å². The first-order chi connectivity index (χ1) is 8.51. The zero-order chi connectivity index (χ0) is 13.7. The fourth-order valence-corrected chi connectivity index (χ4v) is 1.92. The minimum atomic E-state index is -1.05. The first-order valence-electron chi connectivity index (χ1n) is 5.19. The Kier molecular flexibility index (Phi) is 5.62. The van der Waals surface area contributed by atoms with Crippen LogP contribution >= 0.6 is 27.5 Å². The van der Waals surface area contributed by atoms with Crippen molar-refractivity contribution in [3.8, 4) is 5.75 Å². The molecule has 0 aliphatic heterocycles. The minimum absolute atomic E-state index is 0.213. The molecular formula is C12H12BrClO4. The van der Waals surface area contributed by atoms with Gasteiger partial charge in [-0.05, 0) is 25.1 Å². The van der Waals surface area contributed by atoms with E-state index in [1.807, 2.05) is 0 Å². The summed E-state index contributed by atoms with van der Waals surface area (Å²) in [5, 5.41) is 0.230. The van der Waals surface area contributed by atoms with Gasteiger partial charge in [-0.2, -0.15) is 0 Å². The third kappa shape index (κ3) is 3.46. The van der Waals surface area contributed by atoms with E-state index in [-0.39, 0.29) is 17.2 Å². The van der Waals surface area contributed by atoms with E-state index < -0.39 is 16.6 Å². The predicted molar refractivity (Wildman–Crippen MR) is 71.7 cm³/mol. The molecule has 0 N–H and O–H groups in total. The summed E-state index contributed by atoms with van der Waals surface area (Å²) in [5.74, 6) is -0.533. The molecule has 4 nitrogen and oxygen atoms in total. The maximum Gasteiger partial charge on any atom is 0.327 e. The van der Waals surface area contributed by atoms with Crippen LogP contribution in [-0.4, -0.2) is 30.3 Å². The van der Waals surface area contributed by atoms with Gasteiger partial charge in [0.1, 0.15) is 5.75 Å². The second kappa shape index (κ2) is 6.75. The molecule has 0 aromatic heterocycles. The van der Waals surface area contributed by atoms with Gasteiger partial charge in [-0.15, -0.1) is 0 Å². The highest BCUT2D eigenvalue weighted by Crippen LogP contribution is 2.25. The molecule has 1 aromatic carbocycles. The Bertz CT molecular complexity index is 461. The van der Waals surface area contributed by atoms with Crippen LogP contribution in [-0.2, 0) is 9.53 Å². The highest BCUT2D eigenvalue weighted by atomic mass is 79.9. The number of hydrogen-bond acceptors (Lipinski definition) is 4. The predicted octanol–water partition coefficient (Wildman–Crippen LogP) is 2.86. The minimum Gasteiger partial charge on any atom is -0.497 e. The monoisotopic (exact) mass is 334 g/mol.